The Kier molecular flexibility index (Phi) is 4.21. The van der Waals surface area contributed by atoms with E-state index in [1.807, 2.05) is 24.3 Å². The fraction of sp³-hybridized carbons (Fsp3) is 0.381. The Morgan fingerprint density at radius 1 is 1.07 bits per heavy atom. The van der Waals surface area contributed by atoms with Gasteiger partial charge in [-0.1, -0.05) is 28.9 Å². The average molecular weight is 381 g/mol. The molecule has 0 unspecified atom stereocenters. The number of hydrogen-bond acceptors (Lipinski definition) is 5. The molecule has 0 N–H and O–H groups in total. The quantitative estimate of drug-likeness (QED) is 0.668. The molecule has 2 aromatic heterocycles. The van der Waals surface area contributed by atoms with Crippen molar-refractivity contribution in [2.45, 2.75) is 43.2 Å². The van der Waals surface area contributed by atoms with Gasteiger partial charge in [-0.3, -0.25) is 9.88 Å². The third-order valence-corrected chi connectivity index (χ3v) is 6.48. The first kappa shape index (κ1) is 16.9. The Balaban J connectivity index is 1.54. The zero-order chi connectivity index (χ0) is 18.4. The smallest absolute Gasteiger partial charge is 0.232 e. The molecule has 0 spiro atoms. The third kappa shape index (κ3) is 2.95. The predicted molar refractivity (Wildman–Crippen MR) is 104 cm³/mol. The molecule has 2 bridgehead atoms. The summed E-state index contributed by atoms with van der Waals surface area (Å²) in [5.74, 6) is 1.92. The maximum Gasteiger partial charge on any atom is 0.232 e. The number of likely N-dealkylation sites (N-methyl/N-ethyl adjacent to an activating group) is 1. The first-order valence-corrected chi connectivity index (χ1v) is 9.80. The fourth-order valence-electron chi connectivity index (χ4n) is 4.85. The summed E-state index contributed by atoms with van der Waals surface area (Å²) in [6, 6.07) is 13.1. The molecule has 4 atom stereocenters. The second kappa shape index (κ2) is 6.73. The summed E-state index contributed by atoms with van der Waals surface area (Å²) in [5.41, 5.74) is 2.23. The minimum atomic E-state index is 0.193. The molecule has 2 saturated heterocycles. The SMILES string of the molecule is CN1[C@@H]2CC[C@H]1[C@@H](c1nc(-c3ccncc3)no1)[C@H](c1ccc(Cl)cc1)C2. The van der Waals surface area contributed by atoms with Gasteiger partial charge in [-0.25, -0.2) is 0 Å². The molecule has 5 nitrogen and oxygen atoms in total. The highest BCUT2D eigenvalue weighted by molar-refractivity contribution is 6.30. The van der Waals surface area contributed by atoms with Crippen molar-refractivity contribution in [3.8, 4) is 11.4 Å². The molecule has 5 rings (SSSR count). The summed E-state index contributed by atoms with van der Waals surface area (Å²) >= 11 is 6.11. The second-order valence-electron chi connectivity index (χ2n) is 7.58. The highest BCUT2D eigenvalue weighted by Crippen LogP contribution is 2.50. The van der Waals surface area contributed by atoms with Crippen LogP contribution in [0.3, 0.4) is 0 Å². The van der Waals surface area contributed by atoms with E-state index in [1.165, 1.54) is 18.4 Å². The summed E-state index contributed by atoms with van der Waals surface area (Å²) in [5, 5.41) is 5.03. The summed E-state index contributed by atoms with van der Waals surface area (Å²) in [7, 11) is 2.23. The van der Waals surface area contributed by atoms with Gasteiger partial charge in [-0.05, 0) is 62.1 Å². The lowest BCUT2D eigenvalue weighted by atomic mass is 9.76. The van der Waals surface area contributed by atoms with E-state index in [9.17, 15) is 0 Å². The fourth-order valence-corrected chi connectivity index (χ4v) is 4.97. The van der Waals surface area contributed by atoms with Crippen LogP contribution in [0.5, 0.6) is 0 Å². The highest BCUT2D eigenvalue weighted by Gasteiger charge is 2.48. The molecule has 1 aromatic carbocycles. The Morgan fingerprint density at radius 2 is 1.85 bits per heavy atom. The van der Waals surface area contributed by atoms with E-state index < -0.39 is 0 Å². The van der Waals surface area contributed by atoms with E-state index in [1.54, 1.807) is 12.4 Å². The first-order chi connectivity index (χ1) is 13.2. The van der Waals surface area contributed by atoms with Crippen LogP contribution in [0.25, 0.3) is 11.4 Å². The molecule has 138 valence electrons. The van der Waals surface area contributed by atoms with E-state index in [0.29, 0.717) is 23.8 Å². The first-order valence-electron chi connectivity index (χ1n) is 9.42. The molecular formula is C21H21ClN4O. The molecule has 6 heteroatoms. The van der Waals surface area contributed by atoms with Crippen LogP contribution in [-0.4, -0.2) is 39.2 Å². The number of pyridine rings is 1. The van der Waals surface area contributed by atoms with E-state index in [0.717, 1.165) is 22.9 Å². The average Bonchev–Trinajstić information content (AvgIpc) is 3.26. The van der Waals surface area contributed by atoms with E-state index in [4.69, 9.17) is 21.1 Å². The molecule has 2 fully saturated rings. The topological polar surface area (TPSA) is 55.1 Å². The molecule has 2 aliphatic rings. The minimum Gasteiger partial charge on any atom is -0.339 e. The summed E-state index contributed by atoms with van der Waals surface area (Å²) in [6.45, 7) is 0. The molecule has 3 aromatic rings. The van der Waals surface area contributed by atoms with Gasteiger partial charge in [0, 0.05) is 35.1 Å². The van der Waals surface area contributed by atoms with Gasteiger partial charge >= 0.3 is 0 Å². The number of benzene rings is 1. The predicted octanol–water partition coefficient (Wildman–Crippen LogP) is 4.52. The molecule has 0 aliphatic carbocycles. The van der Waals surface area contributed by atoms with Gasteiger partial charge in [0.25, 0.3) is 0 Å². The van der Waals surface area contributed by atoms with Crippen molar-refractivity contribution >= 4 is 11.6 Å². The van der Waals surface area contributed by atoms with Gasteiger partial charge in [0.1, 0.15) is 0 Å². The van der Waals surface area contributed by atoms with Crippen molar-refractivity contribution in [1.82, 2.24) is 20.0 Å². The number of piperidine rings is 1. The summed E-state index contributed by atoms with van der Waals surface area (Å²) in [6.07, 6.45) is 7.00. The third-order valence-electron chi connectivity index (χ3n) is 6.23. The number of halogens is 1. The van der Waals surface area contributed by atoms with Crippen LogP contribution in [0.2, 0.25) is 5.02 Å². The monoisotopic (exact) mass is 380 g/mol. The maximum atomic E-state index is 6.11. The minimum absolute atomic E-state index is 0.193. The lowest BCUT2D eigenvalue weighted by Crippen LogP contribution is -2.44. The molecule has 27 heavy (non-hydrogen) atoms. The van der Waals surface area contributed by atoms with E-state index in [-0.39, 0.29) is 5.92 Å². The standard InChI is InChI=1S/C21H21ClN4O/c1-26-16-6-7-18(26)19(17(12-16)13-2-4-15(22)5-3-13)21-24-20(25-27-21)14-8-10-23-11-9-14/h2-5,8-11,16-19H,6-7,12H2,1H3/t16-,17+,18+,19+/m1/s1. The lowest BCUT2D eigenvalue weighted by Gasteiger charge is -2.41. The van der Waals surface area contributed by atoms with Crippen LogP contribution in [0, 0.1) is 0 Å². The van der Waals surface area contributed by atoms with Gasteiger partial charge in [0.15, 0.2) is 0 Å². The number of hydrogen-bond donors (Lipinski definition) is 0. The van der Waals surface area contributed by atoms with Gasteiger partial charge in [0.2, 0.25) is 11.7 Å². The molecule has 4 heterocycles. The number of nitrogens with zero attached hydrogens (tertiary/aromatic N) is 4. The van der Waals surface area contributed by atoms with E-state index in [2.05, 4.69) is 34.2 Å². The summed E-state index contributed by atoms with van der Waals surface area (Å²) < 4.78 is 5.80. The second-order valence-corrected chi connectivity index (χ2v) is 8.01. The van der Waals surface area contributed by atoms with Crippen LogP contribution >= 0.6 is 11.6 Å². The zero-order valence-corrected chi connectivity index (χ0v) is 15.9. The van der Waals surface area contributed by atoms with Crippen molar-refractivity contribution in [2.24, 2.45) is 0 Å². The van der Waals surface area contributed by atoms with E-state index >= 15 is 0 Å². The van der Waals surface area contributed by atoms with Crippen molar-refractivity contribution in [3.63, 3.8) is 0 Å². The van der Waals surface area contributed by atoms with Crippen LogP contribution in [0.4, 0.5) is 0 Å². The van der Waals surface area contributed by atoms with Crippen molar-refractivity contribution < 1.29 is 4.52 Å². The number of fused-ring (bicyclic) bond motifs is 2. The molecular weight excluding hydrogens is 360 g/mol. The van der Waals surface area contributed by atoms with Crippen LogP contribution in [0.15, 0.2) is 53.3 Å². The number of aromatic nitrogens is 3. The van der Waals surface area contributed by atoms with Gasteiger partial charge in [-0.2, -0.15) is 4.98 Å². The van der Waals surface area contributed by atoms with Crippen LogP contribution < -0.4 is 0 Å². The van der Waals surface area contributed by atoms with Gasteiger partial charge in [0.05, 0.1) is 5.92 Å². The Labute approximate surface area is 163 Å². The molecule has 0 amide bonds. The maximum absolute atomic E-state index is 6.11. The van der Waals surface area contributed by atoms with Crippen LogP contribution in [-0.2, 0) is 0 Å². The Morgan fingerprint density at radius 3 is 2.63 bits per heavy atom. The normalized spacial score (nSPS) is 27.8. The Bertz CT molecular complexity index is 927. The molecule has 0 saturated carbocycles. The van der Waals surface area contributed by atoms with Crippen LogP contribution in [0.1, 0.15) is 42.6 Å². The summed E-state index contributed by atoms with van der Waals surface area (Å²) in [4.78, 5) is 11.4. The number of rotatable bonds is 3. The van der Waals surface area contributed by atoms with Gasteiger partial charge < -0.3 is 4.52 Å². The van der Waals surface area contributed by atoms with Crippen molar-refractivity contribution in [1.29, 1.82) is 0 Å². The highest BCUT2D eigenvalue weighted by atomic mass is 35.5. The zero-order valence-electron chi connectivity index (χ0n) is 15.1. The largest absolute Gasteiger partial charge is 0.339 e. The Hall–Kier alpha value is -2.24. The van der Waals surface area contributed by atoms with Crippen molar-refractivity contribution in [3.05, 3.63) is 65.3 Å². The van der Waals surface area contributed by atoms with Gasteiger partial charge in [-0.15, -0.1) is 0 Å². The molecule has 2 aliphatic heterocycles. The molecule has 0 radical (unpaired) electrons. The lowest BCUT2D eigenvalue weighted by molar-refractivity contribution is 0.120. The van der Waals surface area contributed by atoms with Crippen molar-refractivity contribution in [2.75, 3.05) is 7.05 Å².